The van der Waals surface area contributed by atoms with Crippen molar-refractivity contribution in [1.29, 1.82) is 0 Å². The minimum Gasteiger partial charge on any atom is -0.331 e. The number of nitrogens with one attached hydrogen (secondary N) is 1. The Bertz CT molecular complexity index is 1200. The van der Waals surface area contributed by atoms with Gasteiger partial charge in [-0.15, -0.1) is 11.3 Å². The molecule has 158 valence electrons. The van der Waals surface area contributed by atoms with Crippen LogP contribution >= 0.6 is 11.3 Å². The van der Waals surface area contributed by atoms with Crippen molar-refractivity contribution in [2.75, 3.05) is 5.32 Å². The highest BCUT2D eigenvalue weighted by Gasteiger charge is 2.30. The van der Waals surface area contributed by atoms with E-state index in [1.807, 2.05) is 11.5 Å². The summed E-state index contributed by atoms with van der Waals surface area (Å²) in [5.74, 6) is 0.167. The largest absolute Gasteiger partial charge is 0.416 e. The zero-order valence-electron chi connectivity index (χ0n) is 16.3. The zero-order valence-corrected chi connectivity index (χ0v) is 17.2. The van der Waals surface area contributed by atoms with Crippen molar-refractivity contribution < 1.29 is 18.0 Å². The molecule has 0 fully saturated rings. The summed E-state index contributed by atoms with van der Waals surface area (Å²) in [7, 11) is 0. The normalized spacial score (nSPS) is 11.5. The maximum Gasteiger partial charge on any atom is 0.416 e. The fraction of sp³-hybridized carbons (Fsp3) is 0.136. The molecule has 1 N–H and O–H groups in total. The molecule has 0 saturated carbocycles. The van der Waals surface area contributed by atoms with Crippen LogP contribution in [0.4, 0.5) is 18.9 Å². The van der Waals surface area contributed by atoms with Gasteiger partial charge in [0.25, 0.3) is 5.91 Å². The zero-order chi connectivity index (χ0) is 22.0. The topological polar surface area (TPSA) is 59.8 Å². The van der Waals surface area contributed by atoms with Gasteiger partial charge in [-0.25, -0.2) is 9.97 Å². The molecule has 2 heterocycles. The molecule has 0 bridgehead atoms. The first-order chi connectivity index (χ1) is 14.8. The summed E-state index contributed by atoms with van der Waals surface area (Å²) in [4.78, 5) is 20.7. The van der Waals surface area contributed by atoms with E-state index in [1.165, 1.54) is 17.4 Å². The Morgan fingerprint density at radius 3 is 2.55 bits per heavy atom. The molecule has 0 aliphatic rings. The number of rotatable bonds is 5. The van der Waals surface area contributed by atoms with Crippen LogP contribution in [0.1, 0.15) is 23.0 Å². The number of thiazole rings is 1. The summed E-state index contributed by atoms with van der Waals surface area (Å²) in [5.41, 5.74) is 3.65. The maximum absolute atomic E-state index is 13.1. The Morgan fingerprint density at radius 1 is 1.13 bits per heavy atom. The Hall–Kier alpha value is -3.46. The van der Waals surface area contributed by atoms with E-state index in [0.29, 0.717) is 35.0 Å². The van der Waals surface area contributed by atoms with Crippen LogP contribution in [0.15, 0.2) is 65.6 Å². The lowest BCUT2D eigenvalue weighted by Crippen LogP contribution is -2.11. The predicted octanol–water partition coefficient (Wildman–Crippen LogP) is 5.96. The van der Waals surface area contributed by atoms with E-state index in [9.17, 15) is 18.0 Å². The highest BCUT2D eigenvalue weighted by Crippen LogP contribution is 2.33. The number of halogens is 3. The minimum absolute atomic E-state index is 0.295. The number of amides is 1. The first-order valence-corrected chi connectivity index (χ1v) is 10.3. The summed E-state index contributed by atoms with van der Waals surface area (Å²) < 4.78 is 41.1. The predicted molar refractivity (Wildman–Crippen MR) is 114 cm³/mol. The third-order valence-electron chi connectivity index (χ3n) is 4.67. The highest BCUT2D eigenvalue weighted by atomic mass is 32.1. The van der Waals surface area contributed by atoms with E-state index >= 15 is 0 Å². The SMILES string of the molecule is CCn1cc(-c2ccc(NC(=O)c3cscn3)cc2)nc1-c1cccc(C(F)(F)F)c1. The molecule has 9 heteroatoms. The van der Waals surface area contributed by atoms with Crippen LogP contribution in [0.25, 0.3) is 22.6 Å². The number of nitrogens with zero attached hydrogens (tertiary/aromatic N) is 3. The number of alkyl halides is 3. The molecular weight excluding hydrogens is 425 g/mol. The smallest absolute Gasteiger partial charge is 0.331 e. The fourth-order valence-corrected chi connectivity index (χ4v) is 3.64. The maximum atomic E-state index is 13.1. The first kappa shape index (κ1) is 20.8. The van der Waals surface area contributed by atoms with Gasteiger partial charge >= 0.3 is 6.18 Å². The number of aromatic nitrogens is 3. The van der Waals surface area contributed by atoms with Gasteiger partial charge in [0, 0.05) is 34.9 Å². The molecule has 4 rings (SSSR count). The second-order valence-electron chi connectivity index (χ2n) is 6.72. The number of imidazole rings is 1. The van der Waals surface area contributed by atoms with Crippen molar-refractivity contribution in [3.63, 3.8) is 0 Å². The lowest BCUT2D eigenvalue weighted by Gasteiger charge is -2.09. The van der Waals surface area contributed by atoms with Gasteiger partial charge in [-0.05, 0) is 31.2 Å². The van der Waals surface area contributed by atoms with Crippen molar-refractivity contribution in [2.45, 2.75) is 19.6 Å². The summed E-state index contributed by atoms with van der Waals surface area (Å²) in [6.45, 7) is 2.46. The lowest BCUT2D eigenvalue weighted by molar-refractivity contribution is -0.137. The third-order valence-corrected chi connectivity index (χ3v) is 5.26. The van der Waals surface area contributed by atoms with E-state index in [0.717, 1.165) is 17.7 Å². The molecule has 5 nitrogen and oxygen atoms in total. The van der Waals surface area contributed by atoms with Crippen molar-refractivity contribution in [2.24, 2.45) is 0 Å². The summed E-state index contributed by atoms with van der Waals surface area (Å²) in [6, 6.07) is 12.2. The molecule has 0 radical (unpaired) electrons. The molecule has 0 aliphatic carbocycles. The molecule has 31 heavy (non-hydrogen) atoms. The summed E-state index contributed by atoms with van der Waals surface area (Å²) in [5, 5.41) is 4.43. The molecule has 4 aromatic rings. The van der Waals surface area contributed by atoms with Gasteiger partial charge in [0.1, 0.15) is 11.5 Å². The van der Waals surface area contributed by atoms with Crippen LogP contribution < -0.4 is 5.32 Å². The molecule has 0 spiro atoms. The molecule has 1 amide bonds. The number of aryl methyl sites for hydroxylation is 1. The Labute approximate surface area is 180 Å². The number of carbonyl (C=O) groups excluding carboxylic acids is 1. The van der Waals surface area contributed by atoms with E-state index in [4.69, 9.17) is 0 Å². The van der Waals surface area contributed by atoms with Crippen molar-refractivity contribution in [1.82, 2.24) is 14.5 Å². The third kappa shape index (κ3) is 4.51. The number of anilines is 1. The number of benzene rings is 2. The average molecular weight is 442 g/mol. The van der Waals surface area contributed by atoms with E-state index < -0.39 is 11.7 Å². The van der Waals surface area contributed by atoms with Crippen LogP contribution in [0.2, 0.25) is 0 Å². The first-order valence-electron chi connectivity index (χ1n) is 9.40. The van der Waals surface area contributed by atoms with Crippen molar-refractivity contribution >= 4 is 22.9 Å². The summed E-state index contributed by atoms with van der Waals surface area (Å²) >= 11 is 1.34. The molecule has 0 unspecified atom stereocenters. The van der Waals surface area contributed by atoms with E-state index in [1.54, 1.807) is 47.4 Å². The van der Waals surface area contributed by atoms with Gasteiger partial charge in [-0.1, -0.05) is 24.3 Å². The minimum atomic E-state index is -4.42. The van der Waals surface area contributed by atoms with E-state index in [2.05, 4.69) is 15.3 Å². The monoisotopic (exact) mass is 442 g/mol. The van der Waals surface area contributed by atoms with Gasteiger partial charge in [0.15, 0.2) is 0 Å². The Balaban J connectivity index is 1.60. The molecule has 0 aliphatic heterocycles. The lowest BCUT2D eigenvalue weighted by atomic mass is 10.1. The standard InChI is InChI=1S/C22H17F3N4OS/c1-2-29-11-18(28-20(29)15-4-3-5-16(10-15)22(23,24)25)14-6-8-17(9-7-14)27-21(30)19-12-31-13-26-19/h3-13H,2H2,1H3,(H,27,30). The summed E-state index contributed by atoms with van der Waals surface area (Å²) in [6.07, 6.45) is -2.61. The fourth-order valence-electron chi connectivity index (χ4n) is 3.11. The van der Waals surface area contributed by atoms with E-state index in [-0.39, 0.29) is 5.91 Å². The number of hydrogen-bond donors (Lipinski definition) is 1. The van der Waals surface area contributed by atoms with Gasteiger partial charge in [0.2, 0.25) is 0 Å². The van der Waals surface area contributed by atoms with Gasteiger partial charge in [-0.2, -0.15) is 13.2 Å². The second-order valence-corrected chi connectivity index (χ2v) is 7.44. The van der Waals surface area contributed by atoms with Crippen LogP contribution in [-0.4, -0.2) is 20.4 Å². The second kappa shape index (κ2) is 8.35. The highest BCUT2D eigenvalue weighted by molar-refractivity contribution is 7.07. The number of hydrogen-bond acceptors (Lipinski definition) is 4. The van der Waals surface area contributed by atoms with Crippen molar-refractivity contribution in [3.8, 4) is 22.6 Å². The number of carbonyl (C=O) groups is 1. The molecule has 0 atom stereocenters. The van der Waals surface area contributed by atoms with Crippen molar-refractivity contribution in [3.05, 3.63) is 76.9 Å². The average Bonchev–Trinajstić information content (AvgIpc) is 3.44. The van der Waals surface area contributed by atoms with Crippen LogP contribution in [-0.2, 0) is 12.7 Å². The van der Waals surface area contributed by atoms with Crippen LogP contribution in [0.5, 0.6) is 0 Å². The molecule has 0 saturated heterocycles. The van der Waals surface area contributed by atoms with Gasteiger partial charge in [0.05, 0.1) is 16.8 Å². The molecule has 2 aromatic heterocycles. The van der Waals surface area contributed by atoms with Gasteiger partial charge in [-0.3, -0.25) is 4.79 Å². The molecular formula is C22H17F3N4OS. The molecule has 2 aromatic carbocycles. The Kier molecular flexibility index (Phi) is 5.60. The Morgan fingerprint density at radius 2 is 1.90 bits per heavy atom. The van der Waals surface area contributed by atoms with Gasteiger partial charge < -0.3 is 9.88 Å². The van der Waals surface area contributed by atoms with Crippen LogP contribution in [0, 0.1) is 0 Å². The van der Waals surface area contributed by atoms with Crippen LogP contribution in [0.3, 0.4) is 0 Å². The quantitative estimate of drug-likeness (QED) is 0.415.